The Kier molecular flexibility index (Phi) is 4.91. The molecule has 0 saturated heterocycles. The molecule has 0 atom stereocenters. The number of carbonyl (C=O) groups is 1. The van der Waals surface area contributed by atoms with E-state index in [0.717, 1.165) is 17.3 Å². The van der Waals surface area contributed by atoms with Crippen molar-refractivity contribution in [1.29, 1.82) is 5.26 Å². The Hall–Kier alpha value is -3.45. The molecule has 11 heteroatoms. The Bertz CT molecular complexity index is 1180. The number of alkyl halides is 3. The molecule has 0 saturated carbocycles. The van der Waals surface area contributed by atoms with Gasteiger partial charge in [-0.1, -0.05) is 23.7 Å². The molecule has 1 aliphatic rings. The lowest BCUT2D eigenvalue weighted by atomic mass is 9.97. The second-order valence-corrected chi connectivity index (χ2v) is 7.06. The zero-order valence-electron chi connectivity index (χ0n) is 15.2. The number of halogens is 4. The highest BCUT2D eigenvalue weighted by Crippen LogP contribution is 2.41. The van der Waals surface area contributed by atoms with E-state index in [1.54, 1.807) is 29.2 Å². The number of rotatable bonds is 3. The quantitative estimate of drug-likeness (QED) is 0.632. The number of aromatic nitrogens is 4. The van der Waals surface area contributed by atoms with Gasteiger partial charge in [0.25, 0.3) is 5.82 Å². The fourth-order valence-corrected chi connectivity index (χ4v) is 3.60. The van der Waals surface area contributed by atoms with Crippen LogP contribution in [0.15, 0.2) is 36.9 Å². The fraction of sp³-hybridized carbons (Fsp3) is 0.211. The van der Waals surface area contributed by atoms with Crippen molar-refractivity contribution in [2.75, 3.05) is 0 Å². The van der Waals surface area contributed by atoms with Crippen LogP contribution in [0.3, 0.4) is 0 Å². The molecule has 0 bridgehead atoms. The SMILES string of the molecule is N#Cc1ncn(CC(=O)N2Cc3ccc(-c4c(Cl)cncc4C(F)(F)F)cc3C2)n1. The first-order chi connectivity index (χ1) is 14.3. The summed E-state index contributed by atoms with van der Waals surface area (Å²) in [7, 11) is 0. The number of pyridine rings is 1. The van der Waals surface area contributed by atoms with Gasteiger partial charge in [0.05, 0.1) is 10.6 Å². The maximum Gasteiger partial charge on any atom is 0.418 e. The van der Waals surface area contributed by atoms with Gasteiger partial charge in [0.15, 0.2) is 0 Å². The molecule has 3 heterocycles. The second-order valence-electron chi connectivity index (χ2n) is 6.65. The number of fused-ring (bicyclic) bond motifs is 1. The Morgan fingerprint density at radius 3 is 2.70 bits per heavy atom. The molecule has 1 aliphatic heterocycles. The highest BCUT2D eigenvalue weighted by Gasteiger charge is 2.35. The minimum absolute atomic E-state index is 0.0353. The van der Waals surface area contributed by atoms with Gasteiger partial charge in [0.2, 0.25) is 5.91 Å². The van der Waals surface area contributed by atoms with Crippen molar-refractivity contribution in [3.63, 3.8) is 0 Å². The summed E-state index contributed by atoms with van der Waals surface area (Å²) in [6.45, 7) is 0.472. The van der Waals surface area contributed by atoms with Gasteiger partial charge in [0.1, 0.15) is 18.9 Å². The highest BCUT2D eigenvalue weighted by molar-refractivity contribution is 6.33. The topological polar surface area (TPSA) is 87.7 Å². The lowest BCUT2D eigenvalue weighted by Crippen LogP contribution is -2.29. The highest BCUT2D eigenvalue weighted by atomic mass is 35.5. The monoisotopic (exact) mass is 432 g/mol. The van der Waals surface area contributed by atoms with Gasteiger partial charge < -0.3 is 4.90 Å². The molecular weight excluding hydrogens is 421 g/mol. The van der Waals surface area contributed by atoms with Crippen LogP contribution in [0.1, 0.15) is 22.5 Å². The van der Waals surface area contributed by atoms with Crippen molar-refractivity contribution in [2.45, 2.75) is 25.8 Å². The fourth-order valence-electron chi connectivity index (χ4n) is 3.33. The average Bonchev–Trinajstić information content (AvgIpc) is 3.33. The lowest BCUT2D eigenvalue weighted by molar-refractivity contribution is -0.137. The van der Waals surface area contributed by atoms with E-state index >= 15 is 0 Å². The maximum absolute atomic E-state index is 13.4. The Morgan fingerprint density at radius 1 is 1.23 bits per heavy atom. The minimum atomic E-state index is -4.60. The molecule has 0 aliphatic carbocycles. The van der Waals surface area contributed by atoms with Gasteiger partial charge in [-0.2, -0.15) is 18.4 Å². The predicted molar refractivity (Wildman–Crippen MR) is 98.7 cm³/mol. The first-order valence-electron chi connectivity index (χ1n) is 8.66. The number of nitriles is 1. The van der Waals surface area contributed by atoms with Crippen LogP contribution in [0.4, 0.5) is 13.2 Å². The van der Waals surface area contributed by atoms with Crippen LogP contribution >= 0.6 is 11.6 Å². The van der Waals surface area contributed by atoms with Crippen molar-refractivity contribution in [3.8, 4) is 17.2 Å². The summed E-state index contributed by atoms with van der Waals surface area (Å²) in [4.78, 5) is 21.4. The summed E-state index contributed by atoms with van der Waals surface area (Å²) in [5, 5.41) is 12.5. The van der Waals surface area contributed by atoms with E-state index in [9.17, 15) is 18.0 Å². The third-order valence-corrected chi connectivity index (χ3v) is 5.00. The molecule has 7 nitrogen and oxygen atoms in total. The Labute approximate surface area is 173 Å². The largest absolute Gasteiger partial charge is 0.418 e. The van der Waals surface area contributed by atoms with Gasteiger partial charge >= 0.3 is 6.18 Å². The molecule has 4 rings (SSSR count). The summed E-state index contributed by atoms with van der Waals surface area (Å²) in [6.07, 6.45) is -1.39. The number of benzene rings is 1. The maximum atomic E-state index is 13.4. The van der Waals surface area contributed by atoms with Crippen molar-refractivity contribution >= 4 is 17.5 Å². The van der Waals surface area contributed by atoms with Crippen molar-refractivity contribution < 1.29 is 18.0 Å². The molecule has 30 heavy (non-hydrogen) atoms. The Balaban J connectivity index is 1.58. The van der Waals surface area contributed by atoms with Crippen LogP contribution in [0.2, 0.25) is 5.02 Å². The number of hydrogen-bond donors (Lipinski definition) is 0. The number of hydrogen-bond acceptors (Lipinski definition) is 5. The normalized spacial score (nSPS) is 13.2. The van der Waals surface area contributed by atoms with E-state index in [1.165, 1.54) is 17.2 Å². The van der Waals surface area contributed by atoms with Gasteiger partial charge in [-0.05, 0) is 22.8 Å². The van der Waals surface area contributed by atoms with Crippen LogP contribution in [-0.4, -0.2) is 30.6 Å². The van der Waals surface area contributed by atoms with E-state index in [0.29, 0.717) is 12.1 Å². The number of carbonyl (C=O) groups excluding carboxylic acids is 1. The lowest BCUT2D eigenvalue weighted by Gasteiger charge is -2.15. The molecule has 0 N–H and O–H groups in total. The van der Waals surface area contributed by atoms with Gasteiger partial charge in [-0.15, -0.1) is 5.10 Å². The van der Waals surface area contributed by atoms with Crippen LogP contribution in [-0.2, 0) is 30.6 Å². The molecular formula is C19H12ClF3N6O. The minimum Gasteiger partial charge on any atom is -0.332 e. The third kappa shape index (κ3) is 3.71. The summed E-state index contributed by atoms with van der Waals surface area (Å²) in [5.74, 6) is -0.285. The molecule has 0 spiro atoms. The average molecular weight is 433 g/mol. The van der Waals surface area contributed by atoms with E-state index in [-0.39, 0.29) is 35.4 Å². The molecule has 1 amide bonds. The standard InChI is InChI=1S/C19H12ClF3N6O/c20-15-6-25-5-14(19(21,22)23)18(15)11-1-2-12-7-28(8-13(12)3-11)17(30)9-29-10-26-16(4-24)27-29/h1-3,5-6,10H,7-9H2. The first-order valence-corrected chi connectivity index (χ1v) is 9.04. The van der Waals surface area contributed by atoms with Crippen molar-refractivity contribution in [3.05, 3.63) is 64.5 Å². The van der Waals surface area contributed by atoms with Crippen LogP contribution in [0, 0.1) is 11.3 Å². The van der Waals surface area contributed by atoms with Crippen LogP contribution in [0.5, 0.6) is 0 Å². The van der Waals surface area contributed by atoms with Gasteiger partial charge in [-0.25, -0.2) is 9.67 Å². The van der Waals surface area contributed by atoms with Gasteiger partial charge in [0, 0.05) is 31.0 Å². The Morgan fingerprint density at radius 2 is 2.00 bits per heavy atom. The zero-order valence-corrected chi connectivity index (χ0v) is 15.9. The zero-order chi connectivity index (χ0) is 21.5. The van der Waals surface area contributed by atoms with Gasteiger partial charge in [-0.3, -0.25) is 9.78 Å². The molecule has 0 radical (unpaired) electrons. The molecule has 1 aromatic carbocycles. The number of amides is 1. The van der Waals surface area contributed by atoms with E-state index in [1.807, 2.05) is 0 Å². The molecule has 0 fully saturated rings. The molecule has 2 aromatic heterocycles. The molecule has 0 unspecified atom stereocenters. The first kappa shape index (κ1) is 19.8. The van der Waals surface area contributed by atoms with E-state index in [2.05, 4.69) is 15.1 Å². The second kappa shape index (κ2) is 7.42. The third-order valence-electron chi connectivity index (χ3n) is 4.71. The summed E-state index contributed by atoms with van der Waals surface area (Å²) < 4.78 is 41.5. The summed E-state index contributed by atoms with van der Waals surface area (Å²) >= 11 is 6.04. The van der Waals surface area contributed by atoms with Crippen LogP contribution in [0.25, 0.3) is 11.1 Å². The predicted octanol–water partition coefficient (Wildman–Crippen LogP) is 3.43. The van der Waals surface area contributed by atoms with E-state index in [4.69, 9.17) is 16.9 Å². The summed E-state index contributed by atoms with van der Waals surface area (Å²) in [5.41, 5.74) is 0.816. The van der Waals surface area contributed by atoms with Crippen molar-refractivity contribution in [2.24, 2.45) is 0 Å². The molecule has 152 valence electrons. The van der Waals surface area contributed by atoms with Crippen molar-refractivity contribution in [1.82, 2.24) is 24.6 Å². The molecule has 3 aromatic rings. The summed E-state index contributed by atoms with van der Waals surface area (Å²) in [6, 6.07) is 6.64. The number of nitrogens with zero attached hydrogens (tertiary/aromatic N) is 6. The van der Waals surface area contributed by atoms with E-state index < -0.39 is 11.7 Å². The van der Waals surface area contributed by atoms with Crippen LogP contribution < -0.4 is 0 Å². The smallest absolute Gasteiger partial charge is 0.332 e.